The predicted octanol–water partition coefficient (Wildman–Crippen LogP) is -0.858. The first-order valence-electron chi connectivity index (χ1n) is 2.73. The standard InChI is InChI=1S/C6H7NO4/c1-2-3-5(8)7-11-4-6(9)10/h4H2,1H3,(H,7,8)(H,9,10). The number of hydrogen-bond donors (Lipinski definition) is 2. The zero-order valence-electron chi connectivity index (χ0n) is 5.88. The Bertz CT molecular complexity index is 212. The van der Waals surface area contributed by atoms with Gasteiger partial charge in [0.1, 0.15) is 0 Å². The van der Waals surface area contributed by atoms with E-state index in [1.54, 1.807) is 0 Å². The molecule has 0 aromatic rings. The van der Waals surface area contributed by atoms with Crippen molar-refractivity contribution in [1.29, 1.82) is 0 Å². The second-order valence-corrected chi connectivity index (χ2v) is 1.49. The summed E-state index contributed by atoms with van der Waals surface area (Å²) in [6.45, 7) is 0.911. The summed E-state index contributed by atoms with van der Waals surface area (Å²) < 4.78 is 0. The lowest BCUT2D eigenvalue weighted by Crippen LogP contribution is -2.25. The van der Waals surface area contributed by atoms with Crippen molar-refractivity contribution in [2.24, 2.45) is 0 Å². The van der Waals surface area contributed by atoms with E-state index in [4.69, 9.17) is 5.11 Å². The predicted molar refractivity (Wildman–Crippen MR) is 35.2 cm³/mol. The number of nitrogens with one attached hydrogen (secondary N) is 1. The lowest BCUT2D eigenvalue weighted by molar-refractivity contribution is -0.147. The molecule has 0 bridgehead atoms. The SMILES string of the molecule is CC#CC(=O)NOCC(=O)O. The van der Waals surface area contributed by atoms with Gasteiger partial charge in [-0.2, -0.15) is 0 Å². The lowest BCUT2D eigenvalue weighted by Gasteiger charge is -1.96. The van der Waals surface area contributed by atoms with Crippen LogP contribution in [0, 0.1) is 11.8 Å². The van der Waals surface area contributed by atoms with Crippen molar-refractivity contribution in [3.63, 3.8) is 0 Å². The Kier molecular flexibility index (Phi) is 4.52. The molecule has 0 aliphatic rings. The topological polar surface area (TPSA) is 75.6 Å². The molecule has 0 rings (SSSR count). The number of amides is 1. The van der Waals surface area contributed by atoms with Crippen LogP contribution in [0.2, 0.25) is 0 Å². The summed E-state index contributed by atoms with van der Waals surface area (Å²) >= 11 is 0. The van der Waals surface area contributed by atoms with Crippen molar-refractivity contribution in [1.82, 2.24) is 5.48 Å². The van der Waals surface area contributed by atoms with Crippen LogP contribution in [0.5, 0.6) is 0 Å². The van der Waals surface area contributed by atoms with Gasteiger partial charge in [0, 0.05) is 0 Å². The first-order chi connectivity index (χ1) is 5.16. The quantitative estimate of drug-likeness (QED) is 0.413. The number of aliphatic carboxylic acids is 1. The minimum atomic E-state index is -1.16. The molecule has 0 aromatic carbocycles. The molecule has 0 spiro atoms. The van der Waals surface area contributed by atoms with Crippen LogP contribution in [0.25, 0.3) is 0 Å². The van der Waals surface area contributed by atoms with Crippen LogP contribution in [-0.2, 0) is 14.4 Å². The molecule has 1 amide bonds. The molecule has 0 fully saturated rings. The van der Waals surface area contributed by atoms with Crippen LogP contribution in [0.15, 0.2) is 0 Å². The molecule has 0 aliphatic carbocycles. The summed E-state index contributed by atoms with van der Waals surface area (Å²) in [6, 6.07) is 0. The molecule has 0 saturated carbocycles. The second-order valence-electron chi connectivity index (χ2n) is 1.49. The smallest absolute Gasteiger partial charge is 0.332 e. The van der Waals surface area contributed by atoms with Crippen LogP contribution in [0.3, 0.4) is 0 Å². The molecule has 60 valence electrons. The average Bonchev–Trinajstić information content (AvgIpc) is 1.87. The number of hydroxylamine groups is 1. The average molecular weight is 157 g/mol. The van der Waals surface area contributed by atoms with E-state index in [-0.39, 0.29) is 0 Å². The van der Waals surface area contributed by atoms with E-state index in [0.29, 0.717) is 0 Å². The highest BCUT2D eigenvalue weighted by molar-refractivity contribution is 5.92. The van der Waals surface area contributed by atoms with E-state index in [1.165, 1.54) is 6.92 Å². The molecule has 0 aromatic heterocycles. The summed E-state index contributed by atoms with van der Waals surface area (Å²) in [5.74, 6) is 2.60. The van der Waals surface area contributed by atoms with Gasteiger partial charge in [-0.05, 0) is 12.8 Å². The summed E-state index contributed by atoms with van der Waals surface area (Å²) in [5.41, 5.74) is 1.82. The van der Waals surface area contributed by atoms with Gasteiger partial charge in [0.15, 0.2) is 6.61 Å². The van der Waals surface area contributed by atoms with Crippen molar-refractivity contribution >= 4 is 11.9 Å². The first kappa shape index (κ1) is 9.46. The summed E-state index contributed by atoms with van der Waals surface area (Å²) in [6.07, 6.45) is 0. The van der Waals surface area contributed by atoms with Gasteiger partial charge in [0.2, 0.25) is 0 Å². The number of carboxylic acids is 1. The van der Waals surface area contributed by atoms with Crippen molar-refractivity contribution < 1.29 is 19.5 Å². The number of carboxylic acid groups (broad SMARTS) is 1. The van der Waals surface area contributed by atoms with Crippen LogP contribution >= 0.6 is 0 Å². The van der Waals surface area contributed by atoms with Gasteiger partial charge in [0.25, 0.3) is 0 Å². The van der Waals surface area contributed by atoms with E-state index in [9.17, 15) is 9.59 Å². The van der Waals surface area contributed by atoms with Crippen LogP contribution in [0.1, 0.15) is 6.92 Å². The Morgan fingerprint density at radius 3 is 2.73 bits per heavy atom. The molecule has 0 aliphatic heterocycles. The third-order valence-electron chi connectivity index (χ3n) is 0.599. The third-order valence-corrected chi connectivity index (χ3v) is 0.599. The van der Waals surface area contributed by atoms with E-state index in [1.807, 2.05) is 5.48 Å². The molecule has 11 heavy (non-hydrogen) atoms. The minimum absolute atomic E-state index is 0.572. The Balaban J connectivity index is 3.44. The van der Waals surface area contributed by atoms with E-state index in [2.05, 4.69) is 16.7 Å². The van der Waals surface area contributed by atoms with Crippen molar-refractivity contribution in [3.8, 4) is 11.8 Å². The molecule has 2 N–H and O–H groups in total. The molecule has 0 heterocycles. The molecular formula is C6H7NO4. The van der Waals surface area contributed by atoms with Gasteiger partial charge in [-0.1, -0.05) is 5.92 Å². The van der Waals surface area contributed by atoms with Gasteiger partial charge in [-0.25, -0.2) is 10.3 Å². The lowest BCUT2D eigenvalue weighted by atomic mass is 10.6. The third kappa shape index (κ3) is 6.34. The number of hydrogen-bond acceptors (Lipinski definition) is 3. The minimum Gasteiger partial charge on any atom is -0.479 e. The summed E-state index contributed by atoms with van der Waals surface area (Å²) in [7, 11) is 0. The monoisotopic (exact) mass is 157 g/mol. The van der Waals surface area contributed by atoms with Gasteiger partial charge < -0.3 is 5.11 Å². The highest BCUT2D eigenvalue weighted by Gasteiger charge is 1.97. The van der Waals surface area contributed by atoms with Crippen molar-refractivity contribution in [3.05, 3.63) is 0 Å². The molecule has 5 heteroatoms. The van der Waals surface area contributed by atoms with Gasteiger partial charge in [0.05, 0.1) is 0 Å². The fraction of sp³-hybridized carbons (Fsp3) is 0.333. The Morgan fingerprint density at radius 2 is 2.27 bits per heavy atom. The molecule has 0 radical (unpaired) electrons. The van der Waals surface area contributed by atoms with Crippen molar-refractivity contribution in [2.75, 3.05) is 6.61 Å². The molecular weight excluding hydrogens is 150 g/mol. The molecule has 0 unspecified atom stereocenters. The number of rotatable bonds is 3. The Hall–Kier alpha value is -1.54. The largest absolute Gasteiger partial charge is 0.479 e. The van der Waals surface area contributed by atoms with Crippen LogP contribution < -0.4 is 5.48 Å². The van der Waals surface area contributed by atoms with Crippen LogP contribution in [0.4, 0.5) is 0 Å². The highest BCUT2D eigenvalue weighted by Crippen LogP contribution is 1.68. The van der Waals surface area contributed by atoms with E-state index >= 15 is 0 Å². The maximum absolute atomic E-state index is 10.4. The Labute approximate surface area is 63.3 Å². The maximum atomic E-state index is 10.4. The van der Waals surface area contributed by atoms with Gasteiger partial charge in [-0.3, -0.25) is 9.63 Å². The van der Waals surface area contributed by atoms with Crippen molar-refractivity contribution in [2.45, 2.75) is 6.92 Å². The molecule has 0 saturated heterocycles. The summed E-state index contributed by atoms with van der Waals surface area (Å²) in [4.78, 5) is 24.5. The zero-order chi connectivity index (χ0) is 8.69. The van der Waals surface area contributed by atoms with Gasteiger partial charge >= 0.3 is 11.9 Å². The first-order valence-corrected chi connectivity index (χ1v) is 2.73. The fourth-order valence-electron chi connectivity index (χ4n) is 0.302. The normalized spacial score (nSPS) is 7.73. The highest BCUT2D eigenvalue weighted by atomic mass is 16.7. The fourth-order valence-corrected chi connectivity index (χ4v) is 0.302. The molecule has 5 nitrogen and oxygen atoms in total. The van der Waals surface area contributed by atoms with E-state index in [0.717, 1.165) is 0 Å². The van der Waals surface area contributed by atoms with Gasteiger partial charge in [-0.15, -0.1) is 0 Å². The maximum Gasteiger partial charge on any atom is 0.332 e. The second kappa shape index (κ2) is 5.26. The van der Waals surface area contributed by atoms with E-state index < -0.39 is 18.5 Å². The van der Waals surface area contributed by atoms with Crippen LogP contribution in [-0.4, -0.2) is 23.6 Å². The number of carbonyl (C=O) groups is 2. The number of carbonyl (C=O) groups excluding carboxylic acids is 1. The molecule has 0 atom stereocenters. The Morgan fingerprint density at radius 1 is 1.64 bits per heavy atom. The zero-order valence-corrected chi connectivity index (χ0v) is 5.88. The summed E-state index contributed by atoms with van der Waals surface area (Å²) in [5, 5.41) is 8.04.